The number of fused-ring (bicyclic) bond motifs is 1. The Morgan fingerprint density at radius 3 is 2.94 bits per heavy atom. The quantitative estimate of drug-likeness (QED) is 0.672. The maximum atomic E-state index is 5.69. The van der Waals surface area contributed by atoms with E-state index in [1.54, 1.807) is 7.11 Å². The topological polar surface area (TPSA) is 40.0 Å². The number of allylic oxidation sites excluding steroid dienone is 2. The molecule has 1 aliphatic carbocycles. The minimum atomic E-state index is -0.777. The van der Waals surface area contributed by atoms with Gasteiger partial charge in [-0.25, -0.2) is 0 Å². The number of nitrogens with zero attached hydrogens (tertiary/aromatic N) is 1. The number of rotatable bonds is 1. The molecular formula is C12H15NO3. The second-order valence-corrected chi connectivity index (χ2v) is 4.12. The van der Waals surface area contributed by atoms with Crippen molar-refractivity contribution in [1.29, 1.82) is 0 Å². The molecule has 0 unspecified atom stereocenters. The summed E-state index contributed by atoms with van der Waals surface area (Å²) >= 11 is 0. The number of hydrogen-bond acceptors (Lipinski definition) is 4. The Kier molecular flexibility index (Phi) is 2.33. The van der Waals surface area contributed by atoms with Crippen LogP contribution < -0.4 is 0 Å². The lowest BCUT2D eigenvalue weighted by molar-refractivity contribution is -0.115. The minimum absolute atomic E-state index is 0.608. The Bertz CT molecular complexity index is 389. The molecule has 16 heavy (non-hydrogen) atoms. The number of methoxy groups -OCH3 is 1. The first kappa shape index (κ1) is 10.1. The molecule has 3 aliphatic rings. The summed E-state index contributed by atoms with van der Waals surface area (Å²) in [7, 11) is 1.64. The summed E-state index contributed by atoms with van der Waals surface area (Å²) < 4.78 is 16.7. The van der Waals surface area contributed by atoms with Crippen LogP contribution in [0.3, 0.4) is 0 Å². The first-order chi connectivity index (χ1) is 7.84. The summed E-state index contributed by atoms with van der Waals surface area (Å²) in [5.41, 5.74) is 2.24. The summed E-state index contributed by atoms with van der Waals surface area (Å²) in [4.78, 5) is 4.49. The predicted molar refractivity (Wildman–Crippen MR) is 59.3 cm³/mol. The van der Waals surface area contributed by atoms with Crippen LogP contribution >= 0.6 is 0 Å². The summed E-state index contributed by atoms with van der Waals surface area (Å²) in [6, 6.07) is 0. The van der Waals surface area contributed by atoms with Gasteiger partial charge >= 0.3 is 0 Å². The molecule has 4 nitrogen and oxygen atoms in total. The fourth-order valence-electron chi connectivity index (χ4n) is 2.36. The van der Waals surface area contributed by atoms with Crippen molar-refractivity contribution in [3.63, 3.8) is 0 Å². The first-order valence-corrected chi connectivity index (χ1v) is 5.65. The number of ether oxygens (including phenoxy) is 3. The lowest BCUT2D eigenvalue weighted by Gasteiger charge is -2.31. The van der Waals surface area contributed by atoms with Crippen LogP contribution in [0.1, 0.15) is 12.8 Å². The van der Waals surface area contributed by atoms with Gasteiger partial charge in [-0.05, 0) is 24.5 Å². The van der Waals surface area contributed by atoms with Crippen LogP contribution in [0.5, 0.6) is 0 Å². The van der Waals surface area contributed by atoms with Crippen molar-refractivity contribution in [2.24, 2.45) is 4.99 Å². The molecule has 0 atom stereocenters. The van der Waals surface area contributed by atoms with E-state index in [0.717, 1.165) is 25.1 Å². The molecule has 3 rings (SSSR count). The third-order valence-electron chi connectivity index (χ3n) is 3.13. The van der Waals surface area contributed by atoms with Crippen LogP contribution in [0.4, 0.5) is 0 Å². The smallest absolute Gasteiger partial charge is 0.249 e. The van der Waals surface area contributed by atoms with Crippen LogP contribution in [-0.4, -0.2) is 38.4 Å². The van der Waals surface area contributed by atoms with Gasteiger partial charge in [-0.15, -0.1) is 0 Å². The highest BCUT2D eigenvalue weighted by molar-refractivity contribution is 6.10. The van der Waals surface area contributed by atoms with Crippen molar-refractivity contribution in [3.05, 3.63) is 23.5 Å². The van der Waals surface area contributed by atoms with Gasteiger partial charge in [0.25, 0.3) is 0 Å². The third kappa shape index (κ3) is 1.41. The van der Waals surface area contributed by atoms with Crippen LogP contribution in [0.2, 0.25) is 0 Å². The van der Waals surface area contributed by atoms with E-state index in [2.05, 4.69) is 4.99 Å². The molecular weight excluding hydrogens is 206 g/mol. The van der Waals surface area contributed by atoms with Gasteiger partial charge < -0.3 is 14.2 Å². The molecule has 2 heterocycles. The standard InChI is InChI=1S/C12H15NO3/c1-14-11-7-10-9(3-2-4-13-10)8-12(11)15-5-6-16-12/h7-8H,2-6H2,1H3. The van der Waals surface area contributed by atoms with E-state index < -0.39 is 5.79 Å². The lowest BCUT2D eigenvalue weighted by Crippen LogP contribution is -2.36. The summed E-state index contributed by atoms with van der Waals surface area (Å²) in [5, 5.41) is 0. The van der Waals surface area contributed by atoms with Gasteiger partial charge in [0.1, 0.15) is 0 Å². The Morgan fingerprint density at radius 1 is 1.38 bits per heavy atom. The molecule has 4 heteroatoms. The Morgan fingerprint density at radius 2 is 2.19 bits per heavy atom. The zero-order valence-corrected chi connectivity index (χ0v) is 9.36. The van der Waals surface area contributed by atoms with Gasteiger partial charge in [0, 0.05) is 12.6 Å². The summed E-state index contributed by atoms with van der Waals surface area (Å²) in [6.07, 6.45) is 6.11. The van der Waals surface area contributed by atoms with Crippen LogP contribution in [0.15, 0.2) is 28.5 Å². The summed E-state index contributed by atoms with van der Waals surface area (Å²) in [6.45, 7) is 2.11. The molecule has 2 aliphatic heterocycles. The van der Waals surface area contributed by atoms with Gasteiger partial charge in [0.2, 0.25) is 5.79 Å². The molecule has 0 bridgehead atoms. The zero-order chi connectivity index (χ0) is 11.0. The molecule has 86 valence electrons. The van der Waals surface area contributed by atoms with E-state index in [0.29, 0.717) is 19.0 Å². The Balaban J connectivity index is 2.03. The lowest BCUT2D eigenvalue weighted by atomic mass is 9.92. The normalized spacial score (nSPS) is 26.9. The molecule has 0 saturated carbocycles. The second kappa shape index (κ2) is 3.71. The third-order valence-corrected chi connectivity index (χ3v) is 3.13. The summed E-state index contributed by atoms with van der Waals surface area (Å²) in [5.74, 6) is -0.0742. The van der Waals surface area contributed by atoms with Crippen molar-refractivity contribution >= 4 is 5.71 Å². The van der Waals surface area contributed by atoms with E-state index in [1.807, 2.05) is 12.2 Å². The SMILES string of the molecule is COC1=CC2=NCCCC2=CC12OCCO2. The van der Waals surface area contributed by atoms with E-state index in [-0.39, 0.29) is 0 Å². The van der Waals surface area contributed by atoms with Crippen LogP contribution in [0, 0.1) is 0 Å². The molecule has 0 aromatic rings. The Labute approximate surface area is 94.6 Å². The van der Waals surface area contributed by atoms with Crippen LogP contribution in [-0.2, 0) is 14.2 Å². The van der Waals surface area contributed by atoms with Gasteiger partial charge in [-0.3, -0.25) is 4.99 Å². The van der Waals surface area contributed by atoms with Gasteiger partial charge in [0.15, 0.2) is 5.76 Å². The first-order valence-electron chi connectivity index (χ1n) is 5.65. The highest BCUT2D eigenvalue weighted by Gasteiger charge is 2.43. The van der Waals surface area contributed by atoms with Crippen LogP contribution in [0.25, 0.3) is 0 Å². The predicted octanol–water partition coefficient (Wildman–Crippen LogP) is 1.43. The molecule has 0 radical (unpaired) electrons. The molecule has 0 N–H and O–H groups in total. The average Bonchev–Trinajstić information content (AvgIpc) is 2.77. The van der Waals surface area contributed by atoms with Crippen molar-refractivity contribution in [3.8, 4) is 0 Å². The van der Waals surface area contributed by atoms with Gasteiger partial charge in [-0.1, -0.05) is 0 Å². The van der Waals surface area contributed by atoms with E-state index in [9.17, 15) is 0 Å². The van der Waals surface area contributed by atoms with Crippen molar-refractivity contribution in [2.75, 3.05) is 26.9 Å². The van der Waals surface area contributed by atoms with E-state index >= 15 is 0 Å². The highest BCUT2D eigenvalue weighted by Crippen LogP contribution is 2.36. The monoisotopic (exact) mass is 221 g/mol. The van der Waals surface area contributed by atoms with Crippen molar-refractivity contribution in [1.82, 2.24) is 0 Å². The largest absolute Gasteiger partial charge is 0.495 e. The Hall–Kier alpha value is -1.13. The molecule has 0 aromatic carbocycles. The molecule has 0 amide bonds. The minimum Gasteiger partial charge on any atom is -0.495 e. The molecule has 0 aromatic heterocycles. The van der Waals surface area contributed by atoms with Gasteiger partial charge in [-0.2, -0.15) is 0 Å². The fourth-order valence-corrected chi connectivity index (χ4v) is 2.36. The molecule has 1 fully saturated rings. The molecule has 1 spiro atoms. The van der Waals surface area contributed by atoms with Crippen molar-refractivity contribution in [2.45, 2.75) is 18.6 Å². The van der Waals surface area contributed by atoms with E-state index in [4.69, 9.17) is 14.2 Å². The fraction of sp³-hybridized carbons (Fsp3) is 0.583. The number of hydrogen-bond donors (Lipinski definition) is 0. The highest BCUT2D eigenvalue weighted by atomic mass is 16.8. The number of aliphatic imine (C=N–C) groups is 1. The van der Waals surface area contributed by atoms with E-state index in [1.165, 1.54) is 5.57 Å². The molecule has 1 saturated heterocycles. The average molecular weight is 221 g/mol. The maximum Gasteiger partial charge on any atom is 0.249 e. The van der Waals surface area contributed by atoms with Gasteiger partial charge in [0.05, 0.1) is 26.0 Å². The van der Waals surface area contributed by atoms with Crippen molar-refractivity contribution < 1.29 is 14.2 Å². The second-order valence-electron chi connectivity index (χ2n) is 4.12. The zero-order valence-electron chi connectivity index (χ0n) is 9.36. The maximum absolute atomic E-state index is 5.69.